The van der Waals surface area contributed by atoms with Crippen molar-refractivity contribution in [3.05, 3.63) is 12.4 Å². The third-order valence-electron chi connectivity index (χ3n) is 5.12. The van der Waals surface area contributed by atoms with Gasteiger partial charge in [-0.2, -0.15) is 0 Å². The van der Waals surface area contributed by atoms with Crippen molar-refractivity contribution in [3.63, 3.8) is 0 Å². The van der Waals surface area contributed by atoms with Crippen molar-refractivity contribution in [2.24, 2.45) is 5.92 Å². The number of β-amino-alcohol motifs (C(OH)–C–C–N with tert-alkyl or cyclic N) is 1. The minimum Gasteiger partial charge on any atom is -0.390 e. The van der Waals surface area contributed by atoms with Gasteiger partial charge in [0.05, 0.1) is 31.5 Å². The number of aromatic nitrogens is 2. The lowest BCUT2D eigenvalue weighted by molar-refractivity contribution is -0.0203. The smallest absolute Gasteiger partial charge is 0.131 e. The molecule has 27 heavy (non-hydrogen) atoms. The van der Waals surface area contributed by atoms with Crippen LogP contribution in [0.15, 0.2) is 12.4 Å². The molecule has 0 aromatic carbocycles. The van der Waals surface area contributed by atoms with Gasteiger partial charge in [-0.3, -0.25) is 4.90 Å². The van der Waals surface area contributed by atoms with E-state index in [-0.39, 0.29) is 12.1 Å². The molecular formula is C19H33N5O3. The molecule has 0 amide bonds. The molecule has 0 aliphatic carbocycles. The van der Waals surface area contributed by atoms with Crippen molar-refractivity contribution in [2.45, 2.75) is 44.9 Å². The van der Waals surface area contributed by atoms with Gasteiger partial charge in [0.25, 0.3) is 0 Å². The van der Waals surface area contributed by atoms with Crippen molar-refractivity contribution in [3.8, 4) is 0 Å². The molecule has 0 bridgehead atoms. The van der Waals surface area contributed by atoms with Gasteiger partial charge in [-0.15, -0.1) is 0 Å². The lowest BCUT2D eigenvalue weighted by Gasteiger charge is -2.35. The molecule has 1 aromatic rings. The molecule has 0 saturated carbocycles. The number of nitrogens with one attached hydrogen (secondary N) is 2. The minimum absolute atomic E-state index is 0.195. The highest BCUT2D eigenvalue weighted by Gasteiger charge is 2.28. The summed E-state index contributed by atoms with van der Waals surface area (Å²) in [4.78, 5) is 10.8. The Morgan fingerprint density at radius 1 is 1.22 bits per heavy atom. The predicted octanol–water partition coefficient (Wildman–Crippen LogP) is 1.20. The number of hydrogen-bond acceptors (Lipinski definition) is 8. The second kappa shape index (κ2) is 10.2. The van der Waals surface area contributed by atoms with E-state index in [0.29, 0.717) is 24.8 Å². The van der Waals surface area contributed by atoms with E-state index in [9.17, 15) is 5.11 Å². The van der Waals surface area contributed by atoms with E-state index in [1.807, 2.05) is 6.07 Å². The molecule has 2 aliphatic heterocycles. The molecule has 3 heterocycles. The van der Waals surface area contributed by atoms with Gasteiger partial charge in [-0.25, -0.2) is 9.97 Å². The molecule has 0 spiro atoms. The molecule has 8 heteroatoms. The molecule has 0 radical (unpaired) electrons. The lowest BCUT2D eigenvalue weighted by Crippen LogP contribution is -2.43. The van der Waals surface area contributed by atoms with Crippen LogP contribution in [0.2, 0.25) is 0 Å². The molecule has 0 unspecified atom stereocenters. The van der Waals surface area contributed by atoms with Crippen molar-refractivity contribution in [2.75, 3.05) is 56.6 Å². The third kappa shape index (κ3) is 6.27. The minimum atomic E-state index is -0.452. The molecule has 2 aliphatic rings. The molecule has 3 N–H and O–H groups in total. The first kappa shape index (κ1) is 20.3. The van der Waals surface area contributed by atoms with E-state index in [2.05, 4.69) is 39.3 Å². The van der Waals surface area contributed by atoms with Crippen LogP contribution in [0, 0.1) is 5.92 Å². The average Bonchev–Trinajstić information content (AvgIpc) is 2.68. The fraction of sp³-hybridized carbons (Fsp3) is 0.789. The number of aliphatic hydroxyl groups excluding tert-OH is 1. The SMILES string of the molecule is CC(C)[C@@H]1OCCC[C@@H]1Nc1cc(NC[C@H](O)CN2CCOCC2)ncn1. The standard InChI is InChI=1S/C19H33N5O3/c1-14(2)19-16(4-3-7-27-19)23-18-10-17(21-13-22-18)20-11-15(25)12-24-5-8-26-9-6-24/h10,13-16,19,25H,3-9,11-12H2,1-2H3,(H2,20,21,22,23)/t15-,16-,19-/m0/s1. The summed E-state index contributed by atoms with van der Waals surface area (Å²) >= 11 is 0. The first-order valence-electron chi connectivity index (χ1n) is 10.0. The maximum atomic E-state index is 10.3. The summed E-state index contributed by atoms with van der Waals surface area (Å²) in [6.45, 7) is 9.53. The van der Waals surface area contributed by atoms with E-state index >= 15 is 0 Å². The van der Waals surface area contributed by atoms with E-state index in [1.165, 1.54) is 0 Å². The highest BCUT2D eigenvalue weighted by molar-refractivity contribution is 5.47. The number of hydrogen-bond donors (Lipinski definition) is 3. The van der Waals surface area contributed by atoms with Gasteiger partial charge in [0.2, 0.25) is 0 Å². The summed E-state index contributed by atoms with van der Waals surface area (Å²) < 4.78 is 11.3. The van der Waals surface area contributed by atoms with E-state index in [0.717, 1.165) is 51.6 Å². The zero-order valence-corrected chi connectivity index (χ0v) is 16.4. The van der Waals surface area contributed by atoms with Crippen molar-refractivity contribution < 1.29 is 14.6 Å². The summed E-state index contributed by atoms with van der Waals surface area (Å²) in [5.41, 5.74) is 0. The molecule has 8 nitrogen and oxygen atoms in total. The van der Waals surface area contributed by atoms with E-state index in [1.54, 1.807) is 6.33 Å². The Morgan fingerprint density at radius 3 is 2.78 bits per heavy atom. The van der Waals surface area contributed by atoms with Gasteiger partial charge in [0.15, 0.2) is 0 Å². The molecule has 2 fully saturated rings. The van der Waals surface area contributed by atoms with Crippen LogP contribution >= 0.6 is 0 Å². The number of nitrogens with zero attached hydrogens (tertiary/aromatic N) is 3. The van der Waals surface area contributed by atoms with Crippen molar-refractivity contribution in [1.82, 2.24) is 14.9 Å². The van der Waals surface area contributed by atoms with Crippen LogP contribution in [0.1, 0.15) is 26.7 Å². The summed E-state index contributed by atoms with van der Waals surface area (Å²) in [6, 6.07) is 2.15. The monoisotopic (exact) mass is 379 g/mol. The summed E-state index contributed by atoms with van der Waals surface area (Å²) in [5.74, 6) is 1.96. The van der Waals surface area contributed by atoms with Gasteiger partial charge in [0.1, 0.15) is 18.0 Å². The normalized spacial score (nSPS) is 25.3. The van der Waals surface area contributed by atoms with E-state index in [4.69, 9.17) is 9.47 Å². The van der Waals surface area contributed by atoms with Crippen LogP contribution in [-0.2, 0) is 9.47 Å². The molecule has 3 rings (SSSR count). The van der Waals surface area contributed by atoms with Crippen LogP contribution in [0.3, 0.4) is 0 Å². The average molecular weight is 380 g/mol. The van der Waals surface area contributed by atoms with Gasteiger partial charge < -0.3 is 25.2 Å². The topological polar surface area (TPSA) is 91.8 Å². The Morgan fingerprint density at radius 2 is 2.00 bits per heavy atom. The van der Waals surface area contributed by atoms with Crippen LogP contribution in [-0.4, -0.2) is 84.2 Å². The Bertz CT molecular complexity index is 568. The maximum absolute atomic E-state index is 10.3. The Labute approximate surface area is 161 Å². The van der Waals surface area contributed by atoms with Gasteiger partial charge in [-0.05, 0) is 18.8 Å². The number of aliphatic hydroxyl groups is 1. The quantitative estimate of drug-likeness (QED) is 0.621. The first-order chi connectivity index (χ1) is 13.1. The zero-order valence-electron chi connectivity index (χ0n) is 16.4. The summed E-state index contributed by atoms with van der Waals surface area (Å²) in [6.07, 6.45) is 3.43. The van der Waals surface area contributed by atoms with Crippen LogP contribution in [0.5, 0.6) is 0 Å². The molecule has 3 atom stereocenters. The second-order valence-corrected chi connectivity index (χ2v) is 7.71. The fourth-order valence-corrected chi connectivity index (χ4v) is 3.71. The first-order valence-corrected chi connectivity index (χ1v) is 10.0. The molecule has 2 saturated heterocycles. The van der Waals surface area contributed by atoms with Gasteiger partial charge in [0, 0.05) is 38.9 Å². The van der Waals surface area contributed by atoms with Gasteiger partial charge in [-0.1, -0.05) is 13.8 Å². The van der Waals surface area contributed by atoms with Gasteiger partial charge >= 0.3 is 0 Å². The Kier molecular flexibility index (Phi) is 7.63. The maximum Gasteiger partial charge on any atom is 0.131 e. The predicted molar refractivity (Wildman–Crippen MR) is 105 cm³/mol. The highest BCUT2D eigenvalue weighted by Crippen LogP contribution is 2.23. The number of ether oxygens (including phenoxy) is 2. The number of anilines is 2. The molecule has 152 valence electrons. The van der Waals surface area contributed by atoms with Crippen molar-refractivity contribution in [1.29, 1.82) is 0 Å². The number of morpholine rings is 1. The summed E-state index contributed by atoms with van der Waals surface area (Å²) in [7, 11) is 0. The lowest BCUT2D eigenvalue weighted by atomic mass is 9.94. The van der Waals surface area contributed by atoms with Crippen molar-refractivity contribution >= 4 is 11.6 Å². The zero-order chi connectivity index (χ0) is 19.1. The van der Waals surface area contributed by atoms with Crippen LogP contribution in [0.25, 0.3) is 0 Å². The third-order valence-corrected chi connectivity index (χ3v) is 5.12. The van der Waals surface area contributed by atoms with Crippen LogP contribution in [0.4, 0.5) is 11.6 Å². The summed E-state index contributed by atoms with van der Waals surface area (Å²) in [5, 5.41) is 17.0. The fourth-order valence-electron chi connectivity index (χ4n) is 3.71. The largest absolute Gasteiger partial charge is 0.390 e. The molecule has 1 aromatic heterocycles. The van der Waals surface area contributed by atoms with Crippen LogP contribution < -0.4 is 10.6 Å². The van der Waals surface area contributed by atoms with E-state index < -0.39 is 6.10 Å². The Balaban J connectivity index is 1.49. The Hall–Kier alpha value is -1.48. The number of rotatable bonds is 8. The second-order valence-electron chi connectivity index (χ2n) is 7.71. The highest BCUT2D eigenvalue weighted by atomic mass is 16.5. The molecular weight excluding hydrogens is 346 g/mol.